The molecule has 1 aromatic heterocycles. The summed E-state index contributed by atoms with van der Waals surface area (Å²) in [7, 11) is -1.39. The van der Waals surface area contributed by atoms with Gasteiger partial charge in [-0.15, -0.1) is 11.3 Å². The highest BCUT2D eigenvalue weighted by Gasteiger charge is 2.30. The summed E-state index contributed by atoms with van der Waals surface area (Å²) in [5, 5.41) is 10.8. The van der Waals surface area contributed by atoms with Gasteiger partial charge in [0.2, 0.25) is 0 Å². The van der Waals surface area contributed by atoms with Gasteiger partial charge in [-0.3, -0.25) is 4.57 Å². The van der Waals surface area contributed by atoms with E-state index in [0.29, 0.717) is 20.9 Å². The Kier molecular flexibility index (Phi) is 6.16. The standard InChI is InChI=1S/C20H23ClNO3PS/c1-13-11-14(21)7-8-17(13)26(6,25)22(5)16-12-15(9-10-20(2,3)4)27-18(16)19(23)24/h7-8,11-12H,1-6H3,(H,23,24). The minimum atomic E-state index is -3.05. The van der Waals surface area contributed by atoms with Crippen LogP contribution in [0.3, 0.4) is 0 Å². The molecule has 0 fully saturated rings. The van der Waals surface area contributed by atoms with Crippen LogP contribution in [-0.2, 0) is 4.57 Å². The third-order valence-corrected chi connectivity index (χ3v) is 8.01. The number of benzene rings is 1. The molecule has 144 valence electrons. The summed E-state index contributed by atoms with van der Waals surface area (Å²) in [4.78, 5) is 12.5. The predicted octanol–water partition coefficient (Wildman–Crippen LogP) is 5.48. The molecule has 0 aliphatic rings. The van der Waals surface area contributed by atoms with Gasteiger partial charge in [0.15, 0.2) is 7.29 Å². The molecule has 0 aliphatic carbocycles. The van der Waals surface area contributed by atoms with Gasteiger partial charge in [-0.25, -0.2) is 4.79 Å². The van der Waals surface area contributed by atoms with Crippen molar-refractivity contribution in [3.05, 3.63) is 44.6 Å². The zero-order valence-corrected chi connectivity index (χ0v) is 18.7. The van der Waals surface area contributed by atoms with Crippen LogP contribution in [0, 0.1) is 24.2 Å². The summed E-state index contributed by atoms with van der Waals surface area (Å²) < 4.78 is 15.2. The Hall–Kier alpha value is -1.73. The van der Waals surface area contributed by atoms with E-state index in [-0.39, 0.29) is 10.3 Å². The number of carboxylic acids is 1. The molecule has 0 aliphatic heterocycles. The Morgan fingerprint density at radius 2 is 1.93 bits per heavy atom. The predicted molar refractivity (Wildman–Crippen MR) is 115 cm³/mol. The lowest BCUT2D eigenvalue weighted by Gasteiger charge is -2.28. The molecule has 1 unspecified atom stereocenters. The second-order valence-electron chi connectivity index (χ2n) is 7.46. The molecule has 0 amide bonds. The van der Waals surface area contributed by atoms with Crippen molar-refractivity contribution in [2.45, 2.75) is 27.7 Å². The molecule has 0 spiro atoms. The number of hydrogen-bond donors (Lipinski definition) is 1. The maximum Gasteiger partial charge on any atom is 0.348 e. The fourth-order valence-corrected chi connectivity index (χ4v) is 5.67. The number of nitrogens with zero attached hydrogens (tertiary/aromatic N) is 1. The van der Waals surface area contributed by atoms with Gasteiger partial charge in [0.1, 0.15) is 4.88 Å². The molecule has 1 aromatic carbocycles. The van der Waals surface area contributed by atoms with Gasteiger partial charge in [-0.2, -0.15) is 0 Å². The molecule has 0 saturated heterocycles. The van der Waals surface area contributed by atoms with Gasteiger partial charge in [-0.1, -0.05) is 23.4 Å². The number of thiophene rings is 1. The molecule has 1 heterocycles. The molecule has 7 heteroatoms. The van der Waals surface area contributed by atoms with Gasteiger partial charge in [-0.05, 0) is 57.5 Å². The van der Waals surface area contributed by atoms with Crippen molar-refractivity contribution < 1.29 is 14.5 Å². The number of carboxylic acid groups (broad SMARTS) is 1. The van der Waals surface area contributed by atoms with Crippen molar-refractivity contribution in [1.82, 2.24) is 0 Å². The van der Waals surface area contributed by atoms with Gasteiger partial charge in [0.05, 0.1) is 10.6 Å². The van der Waals surface area contributed by atoms with Crippen LogP contribution >= 0.6 is 30.2 Å². The van der Waals surface area contributed by atoms with Gasteiger partial charge < -0.3 is 9.78 Å². The molecule has 1 atom stereocenters. The van der Waals surface area contributed by atoms with E-state index in [1.54, 1.807) is 42.6 Å². The van der Waals surface area contributed by atoms with Crippen molar-refractivity contribution in [2.75, 3.05) is 18.4 Å². The second kappa shape index (κ2) is 7.72. The van der Waals surface area contributed by atoms with Crippen LogP contribution in [0.2, 0.25) is 5.02 Å². The highest BCUT2D eigenvalue weighted by molar-refractivity contribution is 7.72. The topological polar surface area (TPSA) is 57.6 Å². The van der Waals surface area contributed by atoms with Crippen molar-refractivity contribution in [3.63, 3.8) is 0 Å². The van der Waals surface area contributed by atoms with Crippen LogP contribution in [0.25, 0.3) is 0 Å². The largest absolute Gasteiger partial charge is 0.477 e. The number of rotatable bonds is 4. The summed E-state index contributed by atoms with van der Waals surface area (Å²) in [6, 6.07) is 6.89. The van der Waals surface area contributed by atoms with Gasteiger partial charge in [0.25, 0.3) is 0 Å². The zero-order valence-electron chi connectivity index (χ0n) is 16.3. The monoisotopic (exact) mass is 423 g/mol. The third-order valence-electron chi connectivity index (χ3n) is 3.99. The van der Waals surface area contributed by atoms with Crippen LogP contribution in [0.5, 0.6) is 0 Å². The van der Waals surface area contributed by atoms with E-state index in [1.807, 2.05) is 27.7 Å². The smallest absolute Gasteiger partial charge is 0.348 e. The van der Waals surface area contributed by atoms with Crippen LogP contribution in [0.4, 0.5) is 5.69 Å². The van der Waals surface area contributed by atoms with E-state index in [0.717, 1.165) is 16.9 Å². The van der Waals surface area contributed by atoms with Crippen molar-refractivity contribution in [3.8, 4) is 11.8 Å². The number of anilines is 1. The van der Waals surface area contributed by atoms with Crippen molar-refractivity contribution >= 4 is 47.2 Å². The van der Waals surface area contributed by atoms with E-state index in [2.05, 4.69) is 11.8 Å². The number of carbonyl (C=O) groups is 1. The lowest BCUT2D eigenvalue weighted by molar-refractivity contribution is 0.0703. The van der Waals surface area contributed by atoms with E-state index >= 15 is 0 Å². The van der Waals surface area contributed by atoms with Crippen molar-refractivity contribution in [1.29, 1.82) is 0 Å². The number of aromatic carboxylic acids is 1. The van der Waals surface area contributed by atoms with Crippen LogP contribution < -0.4 is 9.97 Å². The molecule has 1 N–H and O–H groups in total. The number of hydrogen-bond acceptors (Lipinski definition) is 3. The van der Waals surface area contributed by atoms with Crippen molar-refractivity contribution in [2.24, 2.45) is 5.41 Å². The minimum absolute atomic E-state index is 0.129. The average Bonchev–Trinajstić information content (AvgIpc) is 2.95. The lowest BCUT2D eigenvalue weighted by atomic mass is 9.98. The molecule has 2 aromatic rings. The summed E-state index contributed by atoms with van der Waals surface area (Å²) in [5.41, 5.74) is 1.02. The Morgan fingerprint density at radius 1 is 1.30 bits per heavy atom. The first-order chi connectivity index (χ1) is 12.3. The number of aryl methyl sites for hydroxylation is 1. The van der Waals surface area contributed by atoms with Crippen LogP contribution in [-0.4, -0.2) is 24.8 Å². The van der Waals surface area contributed by atoms with E-state index in [1.165, 1.54) is 0 Å². The second-order valence-corrected chi connectivity index (χ2v) is 11.8. The van der Waals surface area contributed by atoms with E-state index in [9.17, 15) is 14.5 Å². The average molecular weight is 424 g/mol. The molecule has 0 saturated carbocycles. The quantitative estimate of drug-likeness (QED) is 0.523. The Morgan fingerprint density at radius 3 is 2.44 bits per heavy atom. The molecule has 4 nitrogen and oxygen atoms in total. The normalized spacial score (nSPS) is 13.4. The Balaban J connectivity index is 2.55. The Labute approximate surface area is 169 Å². The molecule has 27 heavy (non-hydrogen) atoms. The maximum absolute atomic E-state index is 13.6. The Bertz CT molecular complexity index is 995. The zero-order chi connectivity index (χ0) is 20.6. The van der Waals surface area contributed by atoms with Crippen LogP contribution in [0.15, 0.2) is 24.3 Å². The first-order valence-corrected chi connectivity index (χ1v) is 11.6. The molecular formula is C20H23ClNO3PS. The summed E-state index contributed by atoms with van der Waals surface area (Å²) >= 11 is 7.11. The molecule has 0 radical (unpaired) electrons. The highest BCUT2D eigenvalue weighted by Crippen LogP contribution is 2.49. The molecular weight excluding hydrogens is 401 g/mol. The lowest BCUT2D eigenvalue weighted by Crippen LogP contribution is -2.23. The summed E-state index contributed by atoms with van der Waals surface area (Å²) in [5.74, 6) is 5.09. The molecule has 2 rings (SSSR count). The number of halogens is 1. The van der Waals surface area contributed by atoms with Gasteiger partial charge in [0, 0.05) is 29.5 Å². The third kappa shape index (κ3) is 4.96. The highest BCUT2D eigenvalue weighted by atomic mass is 35.5. The summed E-state index contributed by atoms with van der Waals surface area (Å²) in [6.07, 6.45) is 0. The SMILES string of the molecule is Cc1cc(Cl)ccc1P(C)(=O)N(C)c1cc(C#CC(C)(C)C)sc1C(=O)O. The first-order valence-electron chi connectivity index (χ1n) is 8.31. The minimum Gasteiger partial charge on any atom is -0.477 e. The molecule has 0 bridgehead atoms. The fourth-order valence-electron chi connectivity index (χ4n) is 2.54. The van der Waals surface area contributed by atoms with Crippen LogP contribution in [0.1, 0.15) is 40.9 Å². The van der Waals surface area contributed by atoms with E-state index in [4.69, 9.17) is 11.6 Å². The van der Waals surface area contributed by atoms with E-state index < -0.39 is 13.3 Å². The first kappa shape index (κ1) is 21.6. The maximum atomic E-state index is 13.6. The summed E-state index contributed by atoms with van der Waals surface area (Å²) in [6.45, 7) is 9.44. The van der Waals surface area contributed by atoms with Gasteiger partial charge >= 0.3 is 5.97 Å². The fraction of sp³-hybridized carbons (Fsp3) is 0.350.